The summed E-state index contributed by atoms with van der Waals surface area (Å²) < 4.78 is 47.3. The van der Waals surface area contributed by atoms with E-state index < -0.39 is 43.9 Å². The molecule has 10 rings (SSSR count). The van der Waals surface area contributed by atoms with Crippen LogP contribution >= 0.6 is 0 Å². The van der Waals surface area contributed by atoms with Crippen LogP contribution in [0.1, 0.15) is 139 Å². The molecule has 0 aliphatic carbocycles. The number of aliphatic hydroxyl groups is 2. The first kappa shape index (κ1) is 79.5. The molecule has 4 N–H and O–H groups in total. The van der Waals surface area contributed by atoms with Gasteiger partial charge in [0.05, 0.1) is 76.9 Å². The summed E-state index contributed by atoms with van der Waals surface area (Å²) in [5.74, 6) is 0.545. The first-order valence-electron chi connectivity index (χ1n) is 35.4. The topological polar surface area (TPSA) is 75.9 Å². The van der Waals surface area contributed by atoms with Crippen molar-refractivity contribution in [3.05, 3.63) is 170 Å². The van der Waals surface area contributed by atoms with E-state index in [-0.39, 0.29) is 52.6 Å². The molecule has 0 radical (unpaired) electrons. The van der Waals surface area contributed by atoms with E-state index in [9.17, 15) is 10.2 Å². The van der Waals surface area contributed by atoms with Gasteiger partial charge in [0.25, 0.3) is 11.5 Å². The van der Waals surface area contributed by atoms with Gasteiger partial charge in [0.2, 0.25) is 0 Å². The van der Waals surface area contributed by atoms with Crippen LogP contribution in [0.25, 0.3) is 77.2 Å². The van der Waals surface area contributed by atoms with Gasteiger partial charge >= 0.3 is 0 Å². The summed E-state index contributed by atoms with van der Waals surface area (Å²) in [4.78, 5) is 0. The summed E-state index contributed by atoms with van der Waals surface area (Å²) >= 11 is 0. The van der Waals surface area contributed by atoms with Gasteiger partial charge < -0.3 is 43.7 Å². The Kier molecular flexibility index (Phi) is 24.3. The maximum absolute atomic E-state index is 16.1. The van der Waals surface area contributed by atoms with Gasteiger partial charge in [-0.05, 0) is 156 Å². The minimum atomic E-state index is -2.02. The zero-order valence-corrected chi connectivity index (χ0v) is 70.7. The van der Waals surface area contributed by atoms with Crippen molar-refractivity contribution in [2.75, 3.05) is 13.2 Å². The molecule has 0 saturated carbocycles. The molecule has 0 bridgehead atoms. The van der Waals surface area contributed by atoms with Crippen molar-refractivity contribution in [1.82, 2.24) is 9.13 Å². The number of rotatable bonds is 22. The van der Waals surface area contributed by atoms with Crippen LogP contribution in [-0.2, 0) is 26.2 Å². The van der Waals surface area contributed by atoms with E-state index in [1.165, 1.54) is 45.0 Å². The Bertz CT molecular complexity index is 4090. The largest absolute Gasteiger partial charge is 0.582 e. The number of phenolic OH excluding ortho intramolecular Hbond substituents is 2. The number of benzene rings is 8. The molecule has 0 unspecified atom stereocenters. The zero-order chi connectivity index (χ0) is 69.6. The second kappa shape index (κ2) is 30.0. The standard InChI is InChI=1S/C83H108F2N2O4Si4.2CH3.Zr/c1-48(2)92(21,49(3)4)62-26-30-66-67-31-27-63(93(22,50(5)6)51(7)8)45-75(67)86(74(66)44-62)78-38-56(17)36-70(80(78)88)72-42-60(84)40-58(19)82(72)90-34-25-35-91-83-59(20)41-61(85)43-73(83)71-37-57(18)39-79(81(71)89)87-76-46-64(94(23,52(9)10)53(11)12)28-32-68(76)69-33-29-65(47-77(69)87)95(24,54(13)14)55(15)16;;;/h26-33,36-55,88-89H,25,34-35H2,1-24H3;2*1H3;/q;2*-1;/p+2. The van der Waals surface area contributed by atoms with Crippen LogP contribution in [0.3, 0.4) is 0 Å². The maximum atomic E-state index is 16.1. The first-order chi connectivity index (χ1) is 44.5. The number of ether oxygens (including phenoxy) is 2. The Morgan fingerprint density at radius 3 is 0.837 bits per heavy atom. The van der Waals surface area contributed by atoms with Gasteiger partial charge in [0.15, 0.2) is 13.2 Å². The van der Waals surface area contributed by atoms with Crippen LogP contribution in [-0.4, -0.2) is 74.3 Å². The molecular formula is C85H116F2N2O4Si4Zr. The Balaban J connectivity index is 0.00000451. The molecular weight excluding hydrogens is 1350 g/mol. The number of aryl methyl sites for hydroxylation is 4. The second-order valence-electron chi connectivity index (χ2n) is 31.7. The molecule has 0 fully saturated rings. The number of fused-ring (bicyclic) bond motifs is 6. The fourth-order valence-electron chi connectivity index (χ4n) is 16.3. The minimum Gasteiger partial charge on any atom is -0.582 e. The predicted octanol–water partition coefficient (Wildman–Crippen LogP) is 23.0. The Hall–Kier alpha value is -5.83. The smallest absolute Gasteiger partial charge is 0.265 e. The molecule has 0 amide bonds. The molecule has 10 aromatic rings. The summed E-state index contributed by atoms with van der Waals surface area (Å²) in [5, 5.41) is 36.3. The fourth-order valence-corrected chi connectivity index (χ4v) is 30.5. The number of halogens is 2. The van der Waals surface area contributed by atoms with Crippen molar-refractivity contribution in [1.29, 1.82) is 0 Å². The van der Waals surface area contributed by atoms with Crippen molar-refractivity contribution in [3.63, 3.8) is 0 Å². The van der Waals surface area contributed by atoms with Gasteiger partial charge in [0, 0.05) is 70.0 Å². The van der Waals surface area contributed by atoms with E-state index in [1.54, 1.807) is 0 Å². The normalized spacial score (nSPS) is 12.7. The minimum absolute atomic E-state index is 0. The molecule has 0 saturated heterocycles. The molecule has 8 aromatic carbocycles. The number of hydrogen-bond donors (Lipinski definition) is 2. The van der Waals surface area contributed by atoms with Gasteiger partial charge in [-0.25, -0.2) is 8.78 Å². The van der Waals surface area contributed by atoms with E-state index in [1.807, 2.05) is 26.0 Å². The molecule has 6 nitrogen and oxygen atoms in total. The summed E-state index contributed by atoms with van der Waals surface area (Å²) in [7, 11) is -8.08. The van der Waals surface area contributed by atoms with E-state index in [0.717, 1.165) is 54.7 Å². The van der Waals surface area contributed by atoms with Gasteiger partial charge in [-0.1, -0.05) is 206 Å². The molecule has 524 valence electrons. The maximum Gasteiger partial charge on any atom is 0.265 e. The average molecular weight is 1470 g/mol. The van der Waals surface area contributed by atoms with Crippen LogP contribution in [0, 0.1) is 54.2 Å². The van der Waals surface area contributed by atoms with E-state index in [0.29, 0.717) is 120 Å². The number of phenols is 2. The number of aromatic nitrogens is 2. The quantitative estimate of drug-likeness (QED) is 0.0307. The van der Waals surface area contributed by atoms with Crippen LogP contribution in [0.4, 0.5) is 8.78 Å². The van der Waals surface area contributed by atoms with Crippen LogP contribution < -0.4 is 20.7 Å². The van der Waals surface area contributed by atoms with E-state index in [4.69, 9.17) is 9.47 Å². The molecule has 98 heavy (non-hydrogen) atoms. The fraction of sp³-hybridized carbons (Fsp3) is 0.412. The molecule has 13 heteroatoms. The molecule has 2 heterocycles. The van der Waals surface area contributed by atoms with Crippen LogP contribution in [0.2, 0.25) is 70.5 Å². The van der Waals surface area contributed by atoms with Gasteiger partial charge in [-0.2, -0.15) is 0 Å². The van der Waals surface area contributed by atoms with E-state index >= 15 is 8.78 Å². The monoisotopic (exact) mass is 1470 g/mol. The van der Waals surface area contributed by atoms with E-state index in [2.05, 4.69) is 245 Å². The molecule has 2 aromatic heterocycles. The van der Waals surface area contributed by atoms with Crippen LogP contribution in [0.15, 0.2) is 121 Å². The number of nitrogens with zero attached hydrogens (tertiary/aromatic N) is 2. The second-order valence-corrected chi connectivity index (χ2v) is 53.5. The van der Waals surface area contributed by atoms with Gasteiger partial charge in [-0.3, -0.25) is 0 Å². The summed E-state index contributed by atoms with van der Waals surface area (Å²) in [6, 6.07) is 42.6. The number of aromatic hydroxyl groups is 4. The SMILES string of the molecule is Cc1cc(-c2cc(F)cc(C)c2[OH+]CCC[OH+]c2c(C)cc(F)cc2-c2cc(C)cc(-n3c4cc([Si](C)(C(C)C)C(C)C)ccc4c4ccc([Si](C)(C(C)C)C(C)C)cc43)c2O)c(O)c(-n2c3cc([Si](C)(C(C)C)C(C)C)ccc3c3ccc([Si](C)(C(C)C)C(C)C)cc32)c1.[CH3-].[CH3-].[Zr]. The molecule has 0 spiro atoms. The molecule has 0 atom stereocenters. The average Bonchev–Trinajstić information content (AvgIpc) is 1.53. The van der Waals surface area contributed by atoms with Crippen molar-refractivity contribution in [2.24, 2.45) is 0 Å². The first-order valence-corrected chi connectivity index (χ1v) is 46.0. The third-order valence-electron chi connectivity index (χ3n) is 24.5. The van der Waals surface area contributed by atoms with Crippen molar-refractivity contribution in [2.45, 2.75) is 215 Å². The summed E-state index contributed by atoms with van der Waals surface area (Å²) in [5.41, 5.74) is 14.8. The predicted molar refractivity (Wildman–Crippen MR) is 431 cm³/mol. The van der Waals surface area contributed by atoms with Crippen LogP contribution in [0.5, 0.6) is 23.0 Å². The molecule has 0 aliphatic rings. The molecule has 0 aliphatic heterocycles. The number of hydrogen-bond acceptors (Lipinski definition) is 2. The summed E-state index contributed by atoms with van der Waals surface area (Å²) in [6.07, 6.45) is 0.522. The van der Waals surface area contributed by atoms with Crippen molar-refractivity contribution in [3.8, 4) is 56.6 Å². The zero-order valence-electron chi connectivity index (χ0n) is 64.2. The van der Waals surface area contributed by atoms with Gasteiger partial charge in [0.1, 0.15) is 29.6 Å². The van der Waals surface area contributed by atoms with Crippen molar-refractivity contribution < 1.29 is 54.7 Å². The Morgan fingerprint density at radius 2 is 0.602 bits per heavy atom. The Morgan fingerprint density at radius 1 is 0.357 bits per heavy atom. The summed E-state index contributed by atoms with van der Waals surface area (Å²) in [6.45, 7) is 56.6. The van der Waals surface area contributed by atoms with Gasteiger partial charge in [-0.15, -0.1) is 0 Å². The van der Waals surface area contributed by atoms with Crippen molar-refractivity contribution >= 4 is 96.7 Å². The third kappa shape index (κ3) is 13.5. The third-order valence-corrected chi connectivity index (χ3v) is 49.9. The Labute approximate surface area is 611 Å².